The zero-order chi connectivity index (χ0) is 17.1. The number of hydrogen-bond acceptors (Lipinski definition) is 4. The number of para-hydroxylation sites is 1. The second-order valence-corrected chi connectivity index (χ2v) is 5.19. The highest BCUT2D eigenvalue weighted by Gasteiger charge is 2.22. The number of rotatable bonds is 4. The van der Waals surface area contributed by atoms with Gasteiger partial charge in [0, 0.05) is 6.07 Å². The van der Waals surface area contributed by atoms with Gasteiger partial charge in [0.2, 0.25) is 5.91 Å². The van der Waals surface area contributed by atoms with E-state index < -0.39 is 17.9 Å². The van der Waals surface area contributed by atoms with Crippen LogP contribution in [0.1, 0.15) is 22.2 Å². The van der Waals surface area contributed by atoms with Gasteiger partial charge in [-0.3, -0.25) is 14.4 Å². The van der Waals surface area contributed by atoms with E-state index in [4.69, 9.17) is 10.2 Å². The van der Waals surface area contributed by atoms with Gasteiger partial charge in [-0.2, -0.15) is 0 Å². The molecule has 6 heteroatoms. The number of amides is 2. The largest absolute Gasteiger partial charge is 0.451 e. The van der Waals surface area contributed by atoms with E-state index in [1.807, 2.05) is 0 Å². The molecule has 0 aliphatic carbocycles. The molecular weight excluding hydrogens is 308 g/mol. The lowest BCUT2D eigenvalue weighted by molar-refractivity contribution is -0.120. The molecule has 0 bridgehead atoms. The van der Waals surface area contributed by atoms with E-state index in [2.05, 4.69) is 5.32 Å². The number of nitrogens with two attached hydrogens (primary N) is 1. The van der Waals surface area contributed by atoms with Gasteiger partial charge >= 0.3 is 0 Å². The Morgan fingerprint density at radius 3 is 2.38 bits per heavy atom. The molecule has 120 valence electrons. The first-order chi connectivity index (χ1) is 11.6. The number of carbonyl (C=O) groups excluding carboxylic acids is 2. The summed E-state index contributed by atoms with van der Waals surface area (Å²) in [6, 6.07) is 15.3. The molecule has 1 aromatic heterocycles. The van der Waals surface area contributed by atoms with E-state index in [0.717, 1.165) is 6.07 Å². The van der Waals surface area contributed by atoms with E-state index >= 15 is 0 Å². The molecule has 3 aromatic rings. The molecule has 1 atom stereocenters. The number of nitrogens with one attached hydrogen (secondary N) is 1. The van der Waals surface area contributed by atoms with Crippen molar-refractivity contribution in [3.63, 3.8) is 0 Å². The van der Waals surface area contributed by atoms with Crippen LogP contribution in [0.3, 0.4) is 0 Å². The van der Waals surface area contributed by atoms with E-state index in [1.54, 1.807) is 54.6 Å². The number of fused-ring (bicyclic) bond motifs is 1. The molecule has 0 spiro atoms. The monoisotopic (exact) mass is 322 g/mol. The first-order valence-corrected chi connectivity index (χ1v) is 7.24. The maximum Gasteiger partial charge on any atom is 0.288 e. The topological polar surface area (TPSA) is 102 Å². The second-order valence-electron chi connectivity index (χ2n) is 5.19. The number of hydrogen-bond donors (Lipinski definition) is 2. The summed E-state index contributed by atoms with van der Waals surface area (Å²) in [7, 11) is 0. The van der Waals surface area contributed by atoms with Gasteiger partial charge in [-0.05, 0) is 17.7 Å². The van der Waals surface area contributed by atoms with Gasteiger partial charge in [-0.15, -0.1) is 0 Å². The lowest BCUT2D eigenvalue weighted by Crippen LogP contribution is -2.37. The predicted molar refractivity (Wildman–Crippen MR) is 88.3 cm³/mol. The smallest absolute Gasteiger partial charge is 0.288 e. The van der Waals surface area contributed by atoms with Crippen LogP contribution in [0.4, 0.5) is 0 Å². The summed E-state index contributed by atoms with van der Waals surface area (Å²) >= 11 is 0. The molecule has 6 nitrogen and oxygen atoms in total. The van der Waals surface area contributed by atoms with Crippen LogP contribution in [0.25, 0.3) is 11.0 Å². The first kappa shape index (κ1) is 15.5. The second kappa shape index (κ2) is 6.37. The van der Waals surface area contributed by atoms with Gasteiger partial charge < -0.3 is 15.5 Å². The van der Waals surface area contributed by atoms with Crippen LogP contribution in [0.2, 0.25) is 0 Å². The normalized spacial score (nSPS) is 11.8. The third-order valence-electron chi connectivity index (χ3n) is 3.55. The Kier molecular flexibility index (Phi) is 4.11. The van der Waals surface area contributed by atoms with E-state index in [9.17, 15) is 14.4 Å². The van der Waals surface area contributed by atoms with Gasteiger partial charge in [0.1, 0.15) is 11.6 Å². The Bertz CT molecular complexity index is 963. The van der Waals surface area contributed by atoms with Crippen LogP contribution in [0.15, 0.2) is 69.9 Å². The van der Waals surface area contributed by atoms with Crippen LogP contribution in [0.5, 0.6) is 0 Å². The highest BCUT2D eigenvalue weighted by Crippen LogP contribution is 2.15. The third-order valence-corrected chi connectivity index (χ3v) is 3.55. The molecule has 0 aliphatic heterocycles. The first-order valence-electron chi connectivity index (χ1n) is 7.24. The van der Waals surface area contributed by atoms with Crippen LogP contribution >= 0.6 is 0 Å². The van der Waals surface area contributed by atoms with Gasteiger partial charge in [0.15, 0.2) is 11.2 Å². The third kappa shape index (κ3) is 3.03. The fourth-order valence-electron chi connectivity index (χ4n) is 2.38. The molecule has 0 saturated heterocycles. The quantitative estimate of drug-likeness (QED) is 0.764. The molecule has 3 N–H and O–H groups in total. The average molecular weight is 322 g/mol. The Morgan fingerprint density at radius 1 is 1.00 bits per heavy atom. The van der Waals surface area contributed by atoms with Crippen LogP contribution < -0.4 is 16.5 Å². The predicted octanol–water partition coefficient (Wildman–Crippen LogP) is 1.75. The van der Waals surface area contributed by atoms with Gasteiger partial charge in [0.25, 0.3) is 5.91 Å². The number of benzene rings is 2. The summed E-state index contributed by atoms with van der Waals surface area (Å²) in [6.07, 6.45) is 0. The van der Waals surface area contributed by atoms with E-state index in [0.29, 0.717) is 16.5 Å². The minimum Gasteiger partial charge on any atom is -0.451 e. The fraction of sp³-hybridized carbons (Fsp3) is 0.0556. The van der Waals surface area contributed by atoms with Crippen molar-refractivity contribution < 1.29 is 14.0 Å². The summed E-state index contributed by atoms with van der Waals surface area (Å²) in [6.45, 7) is 0. The van der Waals surface area contributed by atoms with Crippen LogP contribution in [-0.4, -0.2) is 11.8 Å². The minimum atomic E-state index is -1.02. The van der Waals surface area contributed by atoms with Gasteiger partial charge in [0.05, 0.1) is 5.39 Å². The zero-order valence-electron chi connectivity index (χ0n) is 12.6. The molecular formula is C18H14N2O4. The standard InChI is InChI=1S/C18H14N2O4/c19-17(22)16(11-6-2-1-3-7-11)20-18(23)15-10-13(21)12-8-4-5-9-14(12)24-15/h1-10,16H,(H2,19,22)(H,20,23)/t16-/m1/s1. The molecule has 2 aromatic carbocycles. The van der Waals surface area contributed by atoms with Crippen molar-refractivity contribution in [1.29, 1.82) is 0 Å². The average Bonchev–Trinajstić information content (AvgIpc) is 2.60. The molecule has 24 heavy (non-hydrogen) atoms. The Hall–Kier alpha value is -3.41. The van der Waals surface area contributed by atoms with Crippen molar-refractivity contribution in [2.45, 2.75) is 6.04 Å². The van der Waals surface area contributed by atoms with Crippen LogP contribution in [0, 0.1) is 0 Å². The summed E-state index contributed by atoms with van der Waals surface area (Å²) in [5.41, 5.74) is 5.87. The highest BCUT2D eigenvalue weighted by atomic mass is 16.3. The van der Waals surface area contributed by atoms with Crippen molar-refractivity contribution in [3.8, 4) is 0 Å². The van der Waals surface area contributed by atoms with Crippen molar-refractivity contribution in [1.82, 2.24) is 5.32 Å². The Morgan fingerprint density at radius 2 is 1.67 bits per heavy atom. The molecule has 0 aliphatic rings. The maximum atomic E-state index is 12.4. The molecule has 0 fully saturated rings. The number of primary amides is 1. The van der Waals surface area contributed by atoms with Crippen molar-refractivity contribution >= 4 is 22.8 Å². The summed E-state index contributed by atoms with van der Waals surface area (Å²) in [4.78, 5) is 36.1. The van der Waals surface area contributed by atoms with Crippen molar-refractivity contribution in [2.24, 2.45) is 5.73 Å². The molecule has 0 unspecified atom stereocenters. The molecule has 0 radical (unpaired) electrons. The lowest BCUT2D eigenvalue weighted by Gasteiger charge is -2.15. The summed E-state index contributed by atoms with van der Waals surface area (Å²) < 4.78 is 5.46. The lowest BCUT2D eigenvalue weighted by atomic mass is 10.1. The summed E-state index contributed by atoms with van der Waals surface area (Å²) in [5, 5.41) is 2.87. The van der Waals surface area contributed by atoms with Gasteiger partial charge in [-0.25, -0.2) is 0 Å². The summed E-state index contributed by atoms with van der Waals surface area (Å²) in [5.74, 6) is -1.58. The van der Waals surface area contributed by atoms with Crippen LogP contribution in [-0.2, 0) is 4.79 Å². The molecule has 0 saturated carbocycles. The Balaban J connectivity index is 1.94. The molecule has 3 rings (SSSR count). The van der Waals surface area contributed by atoms with Crippen molar-refractivity contribution in [3.05, 3.63) is 82.2 Å². The Labute approximate surface area is 136 Å². The number of carbonyl (C=O) groups is 2. The van der Waals surface area contributed by atoms with Gasteiger partial charge in [-0.1, -0.05) is 42.5 Å². The maximum absolute atomic E-state index is 12.4. The SMILES string of the molecule is NC(=O)[C@H](NC(=O)c1cc(=O)c2ccccc2o1)c1ccccc1. The minimum absolute atomic E-state index is 0.180. The van der Waals surface area contributed by atoms with Crippen molar-refractivity contribution in [2.75, 3.05) is 0 Å². The zero-order valence-corrected chi connectivity index (χ0v) is 12.6. The molecule has 1 heterocycles. The highest BCUT2D eigenvalue weighted by molar-refractivity contribution is 5.96. The van der Waals surface area contributed by atoms with E-state index in [1.165, 1.54) is 0 Å². The fourth-order valence-corrected chi connectivity index (χ4v) is 2.38. The molecule has 2 amide bonds. The van der Waals surface area contributed by atoms with E-state index in [-0.39, 0.29) is 11.2 Å².